The third-order valence-electron chi connectivity index (χ3n) is 3.61. The average Bonchev–Trinajstić information content (AvgIpc) is 2.80. The average molecular weight is 414 g/mol. The third kappa shape index (κ3) is 16.3. The molecule has 0 aliphatic carbocycles. The minimum atomic E-state index is 1.06. The van der Waals surface area contributed by atoms with Gasteiger partial charge in [0.15, 0.2) is 0 Å². The number of aromatic nitrogens is 5. The van der Waals surface area contributed by atoms with E-state index in [2.05, 4.69) is 38.8 Å². The van der Waals surface area contributed by atoms with Crippen molar-refractivity contribution in [2.24, 2.45) is 0 Å². The van der Waals surface area contributed by atoms with E-state index in [0.29, 0.717) is 0 Å². The summed E-state index contributed by atoms with van der Waals surface area (Å²) in [5.41, 5.74) is 6.97. The van der Waals surface area contributed by atoms with Gasteiger partial charge in [-0.05, 0) is 69.9 Å². The van der Waals surface area contributed by atoms with Crippen LogP contribution in [0.5, 0.6) is 0 Å². The molecule has 0 N–H and O–H groups in total. The monoisotopic (exact) mass is 413 g/mol. The van der Waals surface area contributed by atoms with Crippen LogP contribution in [-0.2, 0) is 0 Å². The highest BCUT2D eigenvalue weighted by molar-refractivity contribution is 5.18. The van der Waals surface area contributed by atoms with Crippen LogP contribution >= 0.6 is 0 Å². The van der Waals surface area contributed by atoms with Crippen molar-refractivity contribution in [1.82, 2.24) is 24.9 Å². The quantitative estimate of drug-likeness (QED) is 0.398. The number of hydrogen-bond donors (Lipinski definition) is 0. The van der Waals surface area contributed by atoms with E-state index in [1.165, 1.54) is 11.1 Å². The first-order valence-electron chi connectivity index (χ1n) is 10.8. The normalized spacial score (nSPS) is 8.00. The van der Waals surface area contributed by atoms with Crippen LogP contribution in [0.25, 0.3) is 0 Å². The van der Waals surface area contributed by atoms with Crippen LogP contribution in [0.2, 0.25) is 0 Å². The lowest BCUT2D eigenvalue weighted by atomic mass is 10.2. The summed E-state index contributed by atoms with van der Waals surface area (Å²) >= 11 is 0. The van der Waals surface area contributed by atoms with E-state index in [1.54, 1.807) is 12.7 Å². The van der Waals surface area contributed by atoms with Gasteiger partial charge in [-0.2, -0.15) is 0 Å². The molecule has 0 aliphatic heterocycles. The zero-order valence-electron chi connectivity index (χ0n) is 21.3. The lowest BCUT2D eigenvalue weighted by Crippen LogP contribution is -1.85. The molecule has 3 heterocycles. The van der Waals surface area contributed by atoms with Crippen molar-refractivity contribution in [3.8, 4) is 0 Å². The van der Waals surface area contributed by atoms with Crippen LogP contribution in [0.3, 0.4) is 0 Å². The summed E-state index contributed by atoms with van der Waals surface area (Å²) in [4.78, 5) is 19.5. The van der Waals surface area contributed by atoms with Gasteiger partial charge in [-0.3, -0.25) is 4.98 Å². The predicted molar refractivity (Wildman–Crippen MR) is 131 cm³/mol. The standard InChI is InChI=1S/C7H9N.2C6H8N2.3C2H6/c1-6-3-4-8-5-7(6)2;2*1-5-3-7-4-8-6(5)2;3*1-2/h3-5H,1-2H3;2*3-4H,1-2H3;3*1-2H3. The fraction of sp³-hybridized carbons (Fsp3) is 0.480. The smallest absolute Gasteiger partial charge is 0.115 e. The van der Waals surface area contributed by atoms with E-state index < -0.39 is 0 Å². The van der Waals surface area contributed by atoms with E-state index in [4.69, 9.17) is 0 Å². The first kappa shape index (κ1) is 32.0. The summed E-state index contributed by atoms with van der Waals surface area (Å²) in [6.07, 6.45) is 10.4. The van der Waals surface area contributed by atoms with Crippen LogP contribution in [0.1, 0.15) is 75.2 Å². The molecule has 0 radical (unpaired) electrons. The van der Waals surface area contributed by atoms with Crippen LogP contribution in [0.4, 0.5) is 0 Å². The molecule has 0 aliphatic rings. The van der Waals surface area contributed by atoms with Crippen molar-refractivity contribution in [3.63, 3.8) is 0 Å². The van der Waals surface area contributed by atoms with Gasteiger partial charge in [0.05, 0.1) is 0 Å². The highest BCUT2D eigenvalue weighted by Crippen LogP contribution is 2.00. The molecule has 3 rings (SSSR count). The molecular weight excluding hydrogens is 370 g/mol. The van der Waals surface area contributed by atoms with Gasteiger partial charge < -0.3 is 0 Å². The number of pyridine rings is 1. The Balaban J connectivity index is -0.000000323. The van der Waals surface area contributed by atoms with Gasteiger partial charge >= 0.3 is 0 Å². The lowest BCUT2D eigenvalue weighted by Gasteiger charge is -1.92. The van der Waals surface area contributed by atoms with Crippen LogP contribution in [0, 0.1) is 41.5 Å². The number of nitrogens with zero attached hydrogens (tertiary/aromatic N) is 5. The molecule has 0 amide bonds. The zero-order valence-corrected chi connectivity index (χ0v) is 21.3. The molecule has 0 bridgehead atoms. The SMILES string of the molecule is CC.CC.CC.Cc1ccncc1C.Cc1cncnc1C.Cc1cncnc1C. The second-order valence-corrected chi connectivity index (χ2v) is 5.54. The van der Waals surface area contributed by atoms with Gasteiger partial charge in [-0.25, -0.2) is 19.9 Å². The van der Waals surface area contributed by atoms with Crippen molar-refractivity contribution >= 4 is 0 Å². The summed E-state index contributed by atoms with van der Waals surface area (Å²) < 4.78 is 0. The largest absolute Gasteiger partial charge is 0.264 e. The minimum absolute atomic E-state index is 1.06. The van der Waals surface area contributed by atoms with Crippen molar-refractivity contribution in [2.75, 3.05) is 0 Å². The van der Waals surface area contributed by atoms with Gasteiger partial charge in [0.1, 0.15) is 12.7 Å². The fourth-order valence-electron chi connectivity index (χ4n) is 1.46. The first-order chi connectivity index (χ1) is 14.4. The summed E-state index contributed by atoms with van der Waals surface area (Å²) in [6, 6.07) is 2.01. The van der Waals surface area contributed by atoms with Crippen molar-refractivity contribution < 1.29 is 0 Å². The highest BCUT2D eigenvalue weighted by Gasteiger charge is 1.87. The molecule has 3 aromatic heterocycles. The van der Waals surface area contributed by atoms with Gasteiger partial charge in [0, 0.05) is 36.2 Å². The predicted octanol–water partition coefficient (Wildman–Crippen LogP) is 6.96. The van der Waals surface area contributed by atoms with Gasteiger partial charge in [0.25, 0.3) is 0 Å². The maximum absolute atomic E-state index is 3.97. The van der Waals surface area contributed by atoms with Crippen molar-refractivity contribution in [1.29, 1.82) is 0 Å². The van der Waals surface area contributed by atoms with E-state index in [1.807, 2.05) is 100 Å². The van der Waals surface area contributed by atoms with Gasteiger partial charge in [-0.1, -0.05) is 41.5 Å². The molecular formula is C25H43N5. The molecule has 0 aromatic carbocycles. The molecule has 0 spiro atoms. The second kappa shape index (κ2) is 22.6. The lowest BCUT2D eigenvalue weighted by molar-refractivity contribution is 1.06. The molecule has 3 aromatic rings. The maximum Gasteiger partial charge on any atom is 0.115 e. The van der Waals surface area contributed by atoms with Crippen LogP contribution in [0.15, 0.2) is 43.5 Å². The number of rotatable bonds is 0. The Labute approximate surface area is 185 Å². The van der Waals surface area contributed by atoms with Crippen molar-refractivity contribution in [3.05, 3.63) is 77.2 Å². The molecule has 0 saturated heterocycles. The topological polar surface area (TPSA) is 64.5 Å². The van der Waals surface area contributed by atoms with Crippen LogP contribution < -0.4 is 0 Å². The molecule has 30 heavy (non-hydrogen) atoms. The Bertz CT molecular complexity index is 591. The molecule has 5 nitrogen and oxygen atoms in total. The fourth-order valence-corrected chi connectivity index (χ4v) is 1.46. The zero-order chi connectivity index (χ0) is 23.9. The van der Waals surface area contributed by atoms with Gasteiger partial charge in [-0.15, -0.1) is 0 Å². The van der Waals surface area contributed by atoms with E-state index in [0.717, 1.165) is 22.5 Å². The summed E-state index contributed by atoms with van der Waals surface area (Å²) in [7, 11) is 0. The third-order valence-corrected chi connectivity index (χ3v) is 3.61. The Hall–Kier alpha value is -2.69. The molecule has 0 fully saturated rings. The molecule has 5 heteroatoms. The summed E-state index contributed by atoms with van der Waals surface area (Å²) in [6.45, 7) is 24.1. The molecule has 0 saturated carbocycles. The van der Waals surface area contributed by atoms with E-state index in [9.17, 15) is 0 Å². The Morgan fingerprint density at radius 3 is 1.03 bits per heavy atom. The van der Waals surface area contributed by atoms with E-state index >= 15 is 0 Å². The summed E-state index contributed by atoms with van der Waals surface area (Å²) in [5.74, 6) is 0. The maximum atomic E-state index is 3.97. The highest BCUT2D eigenvalue weighted by atomic mass is 14.8. The van der Waals surface area contributed by atoms with Crippen molar-refractivity contribution in [2.45, 2.75) is 83.1 Å². The molecule has 0 unspecified atom stereocenters. The number of hydrogen-bond acceptors (Lipinski definition) is 5. The molecule has 0 atom stereocenters. The van der Waals surface area contributed by atoms with E-state index in [-0.39, 0.29) is 0 Å². The second-order valence-electron chi connectivity index (χ2n) is 5.54. The first-order valence-corrected chi connectivity index (χ1v) is 10.8. The molecule has 168 valence electrons. The number of aryl methyl sites for hydroxylation is 6. The van der Waals surface area contributed by atoms with Crippen LogP contribution in [-0.4, -0.2) is 24.9 Å². The Morgan fingerprint density at radius 2 is 0.833 bits per heavy atom. The Kier molecular flexibility index (Phi) is 24.1. The summed E-state index contributed by atoms with van der Waals surface area (Å²) in [5, 5.41) is 0. The van der Waals surface area contributed by atoms with Gasteiger partial charge in [0.2, 0.25) is 0 Å². The minimum Gasteiger partial charge on any atom is -0.264 e. The Morgan fingerprint density at radius 1 is 0.467 bits per heavy atom.